The van der Waals surface area contributed by atoms with Crippen LogP contribution in [0.3, 0.4) is 0 Å². The summed E-state index contributed by atoms with van der Waals surface area (Å²) in [7, 11) is 1.69. The Balaban J connectivity index is 1.72. The van der Waals surface area contributed by atoms with Crippen molar-refractivity contribution in [2.24, 2.45) is 11.8 Å². The van der Waals surface area contributed by atoms with Crippen LogP contribution in [0.15, 0.2) is 78.9 Å². The molecular formula is C27H29NO2S3. The van der Waals surface area contributed by atoms with Crippen molar-refractivity contribution in [3.8, 4) is 5.75 Å². The van der Waals surface area contributed by atoms with Gasteiger partial charge in [-0.1, -0.05) is 97.7 Å². The van der Waals surface area contributed by atoms with Gasteiger partial charge in [0.25, 0.3) is 0 Å². The molecule has 6 heteroatoms. The van der Waals surface area contributed by atoms with Crippen LogP contribution in [0.2, 0.25) is 0 Å². The predicted octanol–water partition coefficient (Wildman–Crippen LogP) is 6.30. The average Bonchev–Trinajstić information content (AvgIpc) is 3.29. The summed E-state index contributed by atoms with van der Waals surface area (Å²) in [6, 6.07) is 19.1. The topological polar surface area (TPSA) is 29.5 Å². The van der Waals surface area contributed by atoms with Gasteiger partial charge < -0.3 is 4.74 Å². The van der Waals surface area contributed by atoms with E-state index in [4.69, 9.17) is 17.0 Å². The molecule has 0 N–H and O–H groups in total. The molecule has 3 unspecified atom stereocenters. The second kappa shape index (κ2) is 10.9. The number of carbonyl (C=O) groups is 1. The van der Waals surface area contributed by atoms with Crippen molar-refractivity contribution in [3.05, 3.63) is 90.0 Å². The van der Waals surface area contributed by atoms with Crippen LogP contribution < -0.4 is 4.74 Å². The van der Waals surface area contributed by atoms with Gasteiger partial charge in [0, 0.05) is 30.4 Å². The molecule has 1 saturated heterocycles. The average molecular weight is 496 g/mol. The van der Waals surface area contributed by atoms with Crippen molar-refractivity contribution < 1.29 is 9.53 Å². The first-order chi connectivity index (χ1) is 16.1. The van der Waals surface area contributed by atoms with Gasteiger partial charge in [-0.2, -0.15) is 0 Å². The summed E-state index contributed by atoms with van der Waals surface area (Å²) in [5.41, 5.74) is 2.47. The van der Waals surface area contributed by atoms with E-state index in [1.165, 1.54) is 11.1 Å². The molecule has 1 fully saturated rings. The first-order valence-corrected chi connectivity index (χ1v) is 13.6. The number of carbonyl (C=O) groups excluding carboxylic acids is 1. The van der Waals surface area contributed by atoms with Crippen molar-refractivity contribution in [3.63, 3.8) is 0 Å². The molecule has 2 aliphatic rings. The Hall–Kier alpha value is -2.02. The zero-order chi connectivity index (χ0) is 23.3. The van der Waals surface area contributed by atoms with Gasteiger partial charge in [0.05, 0.1) is 11.9 Å². The third-order valence-electron chi connectivity index (χ3n) is 6.31. The number of ether oxygens (including phenoxy) is 1. The fourth-order valence-electron chi connectivity index (χ4n) is 4.62. The Morgan fingerprint density at radius 1 is 1.12 bits per heavy atom. The third kappa shape index (κ3) is 5.08. The van der Waals surface area contributed by atoms with Crippen LogP contribution in [0.1, 0.15) is 24.5 Å². The highest BCUT2D eigenvalue weighted by molar-refractivity contribution is 8.23. The molecule has 2 aromatic rings. The van der Waals surface area contributed by atoms with E-state index in [2.05, 4.69) is 73.7 Å². The van der Waals surface area contributed by atoms with Gasteiger partial charge >= 0.3 is 0 Å². The summed E-state index contributed by atoms with van der Waals surface area (Å²) in [6.45, 7) is 3.00. The molecule has 0 radical (unpaired) electrons. The lowest BCUT2D eigenvalue weighted by molar-refractivity contribution is -0.126. The summed E-state index contributed by atoms with van der Waals surface area (Å²) in [4.78, 5) is 14.7. The molecule has 172 valence electrons. The van der Waals surface area contributed by atoms with Crippen molar-refractivity contribution in [2.45, 2.75) is 18.1 Å². The molecule has 0 bridgehead atoms. The van der Waals surface area contributed by atoms with E-state index in [0.717, 1.165) is 18.0 Å². The van der Waals surface area contributed by atoms with E-state index in [0.29, 0.717) is 22.4 Å². The zero-order valence-electron chi connectivity index (χ0n) is 19.0. The Bertz CT molecular complexity index is 1040. The number of amides is 1. The second-order valence-corrected chi connectivity index (χ2v) is 11.3. The minimum Gasteiger partial charge on any atom is -0.497 e. The maximum Gasteiger partial charge on any atom is 0.228 e. The Morgan fingerprint density at radius 3 is 2.45 bits per heavy atom. The molecule has 1 aliphatic carbocycles. The molecule has 3 nitrogen and oxygen atoms in total. The molecular weight excluding hydrogens is 467 g/mol. The molecule has 1 aliphatic heterocycles. The number of allylic oxidation sites excluding steroid dienone is 4. The molecule has 1 heterocycles. The molecule has 0 spiro atoms. The summed E-state index contributed by atoms with van der Waals surface area (Å²) in [5.74, 6) is 3.16. The number of methoxy groups -OCH3 is 1. The van der Waals surface area contributed by atoms with Crippen LogP contribution in [-0.2, 0) is 9.54 Å². The molecule has 0 saturated carbocycles. The lowest BCUT2D eigenvalue weighted by Gasteiger charge is -2.43. The largest absolute Gasteiger partial charge is 0.497 e. The van der Waals surface area contributed by atoms with Gasteiger partial charge in [-0.05, 0) is 29.2 Å². The minimum atomic E-state index is -0.339. The molecule has 3 atom stereocenters. The molecule has 2 aromatic carbocycles. The maximum atomic E-state index is 12.9. The van der Waals surface area contributed by atoms with Crippen molar-refractivity contribution in [1.29, 1.82) is 0 Å². The Kier molecular flexibility index (Phi) is 7.99. The van der Waals surface area contributed by atoms with E-state index < -0.39 is 0 Å². The van der Waals surface area contributed by atoms with E-state index in [1.54, 1.807) is 23.8 Å². The molecule has 0 aromatic heterocycles. The maximum absolute atomic E-state index is 12.9. The summed E-state index contributed by atoms with van der Waals surface area (Å²) in [5, 5.41) is 0. The van der Waals surface area contributed by atoms with Crippen LogP contribution in [0.25, 0.3) is 0 Å². The summed E-state index contributed by atoms with van der Waals surface area (Å²) < 4.78 is 5.81. The van der Waals surface area contributed by atoms with E-state index in [1.807, 2.05) is 23.9 Å². The monoisotopic (exact) mass is 495 g/mol. The smallest absolute Gasteiger partial charge is 0.228 e. The normalized spacial score (nSPS) is 21.8. The molecule has 33 heavy (non-hydrogen) atoms. The number of benzene rings is 2. The van der Waals surface area contributed by atoms with Gasteiger partial charge in [0.1, 0.15) is 10.1 Å². The Morgan fingerprint density at radius 2 is 1.82 bits per heavy atom. The highest BCUT2D eigenvalue weighted by Crippen LogP contribution is 2.53. The first-order valence-electron chi connectivity index (χ1n) is 11.2. The number of thiocarbonyl (C=S) groups is 1. The zero-order valence-corrected chi connectivity index (χ0v) is 21.4. The van der Waals surface area contributed by atoms with Gasteiger partial charge in [-0.15, -0.1) is 11.8 Å². The standard InChI is InChI=1S/C27H29NO2S3/c1-20-8-6-7-11-24(20)27(21-9-4-3-5-10-21,22-12-14-23(30-2)15-13-22)33-18-16-25(29)28-17-19-32-26(28)31/h3-15,20,24H,16-19H2,1-2H3. The summed E-state index contributed by atoms with van der Waals surface area (Å²) >= 11 is 8.83. The SMILES string of the molecule is COc1ccc(C(SCCC(=O)N2CCSC2=S)(c2ccccc2)C2C=CC=CC2C)cc1. The number of thioether (sulfide) groups is 2. The van der Waals surface area contributed by atoms with Gasteiger partial charge in [0.15, 0.2) is 0 Å². The van der Waals surface area contributed by atoms with Gasteiger partial charge in [-0.25, -0.2) is 0 Å². The van der Waals surface area contributed by atoms with Crippen molar-refractivity contribution in [1.82, 2.24) is 4.90 Å². The number of rotatable bonds is 8. The number of nitrogens with zero attached hydrogens (tertiary/aromatic N) is 1. The predicted molar refractivity (Wildman–Crippen MR) is 145 cm³/mol. The van der Waals surface area contributed by atoms with Crippen LogP contribution in [0.5, 0.6) is 5.75 Å². The van der Waals surface area contributed by atoms with Crippen LogP contribution in [0.4, 0.5) is 0 Å². The lowest BCUT2D eigenvalue weighted by Crippen LogP contribution is -2.37. The van der Waals surface area contributed by atoms with E-state index in [-0.39, 0.29) is 16.6 Å². The van der Waals surface area contributed by atoms with Crippen LogP contribution in [0, 0.1) is 11.8 Å². The van der Waals surface area contributed by atoms with Crippen molar-refractivity contribution >= 4 is 46.0 Å². The van der Waals surface area contributed by atoms with Crippen molar-refractivity contribution in [2.75, 3.05) is 25.2 Å². The summed E-state index contributed by atoms with van der Waals surface area (Å²) in [6.07, 6.45) is 9.35. The van der Waals surface area contributed by atoms with E-state index in [9.17, 15) is 4.79 Å². The first kappa shape index (κ1) is 24.1. The highest BCUT2D eigenvalue weighted by atomic mass is 32.2. The lowest BCUT2D eigenvalue weighted by atomic mass is 9.72. The quantitative estimate of drug-likeness (QED) is 0.401. The second-order valence-electron chi connectivity index (χ2n) is 8.24. The highest BCUT2D eigenvalue weighted by Gasteiger charge is 2.44. The fraction of sp³-hybridized carbons (Fsp3) is 0.333. The Labute approximate surface area is 210 Å². The minimum absolute atomic E-state index is 0.126. The number of hydrogen-bond donors (Lipinski definition) is 0. The van der Waals surface area contributed by atoms with Crippen LogP contribution in [-0.4, -0.2) is 40.3 Å². The van der Waals surface area contributed by atoms with Gasteiger partial charge in [0.2, 0.25) is 5.91 Å². The fourth-order valence-corrected chi connectivity index (χ4v) is 7.55. The van der Waals surface area contributed by atoms with E-state index >= 15 is 0 Å². The third-order valence-corrected chi connectivity index (χ3v) is 9.34. The number of hydrogen-bond acceptors (Lipinski definition) is 5. The van der Waals surface area contributed by atoms with Crippen LogP contribution >= 0.6 is 35.7 Å². The van der Waals surface area contributed by atoms with Gasteiger partial charge in [-0.3, -0.25) is 9.69 Å². The molecule has 4 rings (SSSR count). The molecule has 1 amide bonds.